The zero-order valence-electron chi connectivity index (χ0n) is 12.2. The van der Waals surface area contributed by atoms with Gasteiger partial charge in [0.2, 0.25) is 0 Å². The van der Waals surface area contributed by atoms with Gasteiger partial charge in [-0.15, -0.1) is 0 Å². The lowest BCUT2D eigenvalue weighted by Crippen LogP contribution is -2.41. The highest BCUT2D eigenvalue weighted by Gasteiger charge is 2.25. The Labute approximate surface area is 131 Å². The van der Waals surface area contributed by atoms with E-state index in [4.69, 9.17) is 16.6 Å². The number of carboxylic acids is 1. The van der Waals surface area contributed by atoms with Crippen molar-refractivity contribution in [2.24, 2.45) is 11.5 Å². The molecule has 2 rings (SSSR count). The van der Waals surface area contributed by atoms with Gasteiger partial charge in [0.05, 0.1) is 6.42 Å². The van der Waals surface area contributed by atoms with Crippen LogP contribution in [0.15, 0.2) is 30.5 Å². The highest BCUT2D eigenvalue weighted by Crippen LogP contribution is 2.18. The number of nitrogens with two attached hydrogens (primary N) is 2. The molecule has 8 nitrogen and oxygen atoms in total. The minimum absolute atomic E-state index is 0.171. The van der Waals surface area contributed by atoms with Gasteiger partial charge in [0, 0.05) is 23.5 Å². The Kier molecular flexibility index (Phi) is 5.09. The van der Waals surface area contributed by atoms with Crippen molar-refractivity contribution in [2.75, 3.05) is 0 Å². The van der Waals surface area contributed by atoms with Crippen molar-refractivity contribution in [1.82, 2.24) is 4.98 Å². The predicted octanol–water partition coefficient (Wildman–Crippen LogP) is -0.0905. The molecule has 2 aromatic rings. The van der Waals surface area contributed by atoms with E-state index in [1.165, 1.54) is 0 Å². The van der Waals surface area contributed by atoms with Crippen molar-refractivity contribution in [3.8, 4) is 0 Å². The predicted molar refractivity (Wildman–Crippen MR) is 81.3 cm³/mol. The quantitative estimate of drug-likeness (QED) is 0.429. The Morgan fingerprint density at radius 2 is 1.78 bits per heavy atom. The van der Waals surface area contributed by atoms with Gasteiger partial charge < -0.3 is 26.3 Å². The van der Waals surface area contributed by atoms with Gasteiger partial charge in [-0.25, -0.2) is 9.59 Å². The molecule has 0 spiro atoms. The highest BCUT2D eigenvalue weighted by atomic mass is 16.6. The monoisotopic (exact) mass is 319 g/mol. The Balaban J connectivity index is 1.97. The Morgan fingerprint density at radius 3 is 2.48 bits per heavy atom. The number of esters is 2. The van der Waals surface area contributed by atoms with E-state index < -0.39 is 36.4 Å². The summed E-state index contributed by atoms with van der Waals surface area (Å²) >= 11 is 0. The number of ether oxygens (including phenoxy) is 1. The van der Waals surface area contributed by atoms with Crippen LogP contribution < -0.4 is 11.5 Å². The van der Waals surface area contributed by atoms with Crippen molar-refractivity contribution in [2.45, 2.75) is 24.9 Å². The van der Waals surface area contributed by atoms with Crippen LogP contribution in [0.5, 0.6) is 0 Å². The Hall–Kier alpha value is -2.71. The first kappa shape index (κ1) is 16.7. The average molecular weight is 319 g/mol. The molecule has 1 heterocycles. The second kappa shape index (κ2) is 7.03. The van der Waals surface area contributed by atoms with Crippen LogP contribution in [0.3, 0.4) is 0 Å². The molecule has 0 unspecified atom stereocenters. The van der Waals surface area contributed by atoms with E-state index in [1.807, 2.05) is 24.3 Å². The zero-order chi connectivity index (χ0) is 17.0. The number of nitrogens with one attached hydrogen (secondary N) is 1. The third-order valence-corrected chi connectivity index (χ3v) is 3.32. The summed E-state index contributed by atoms with van der Waals surface area (Å²) in [6.07, 6.45) is 1.28. The highest BCUT2D eigenvalue weighted by molar-refractivity contribution is 5.93. The summed E-state index contributed by atoms with van der Waals surface area (Å²) in [4.78, 5) is 36.9. The molecule has 0 saturated carbocycles. The summed E-state index contributed by atoms with van der Waals surface area (Å²) in [6, 6.07) is 5.04. The molecule has 2 atom stereocenters. The van der Waals surface area contributed by atoms with E-state index in [2.05, 4.69) is 9.72 Å². The molecule has 1 aromatic heterocycles. The lowest BCUT2D eigenvalue weighted by atomic mass is 10.1. The molecular weight excluding hydrogens is 302 g/mol. The number of para-hydroxylation sites is 1. The van der Waals surface area contributed by atoms with Crippen molar-refractivity contribution in [3.63, 3.8) is 0 Å². The van der Waals surface area contributed by atoms with E-state index in [0.29, 0.717) is 0 Å². The minimum Gasteiger partial charge on any atom is -0.481 e. The summed E-state index contributed by atoms with van der Waals surface area (Å²) in [5.74, 6) is -3.31. The molecule has 0 bridgehead atoms. The van der Waals surface area contributed by atoms with Gasteiger partial charge in [0.1, 0.15) is 12.1 Å². The van der Waals surface area contributed by atoms with Crippen LogP contribution in [0, 0.1) is 0 Å². The second-order valence-corrected chi connectivity index (χ2v) is 5.11. The maximum Gasteiger partial charge on any atom is 0.331 e. The third-order valence-electron chi connectivity index (χ3n) is 3.32. The number of hydrogen-bond donors (Lipinski definition) is 4. The summed E-state index contributed by atoms with van der Waals surface area (Å²) in [6.45, 7) is 0. The van der Waals surface area contributed by atoms with Gasteiger partial charge in [0.15, 0.2) is 0 Å². The first-order valence-electron chi connectivity index (χ1n) is 6.92. The summed E-state index contributed by atoms with van der Waals surface area (Å²) < 4.78 is 4.53. The van der Waals surface area contributed by atoms with Crippen LogP contribution in [0.2, 0.25) is 0 Å². The Bertz CT molecular complexity index is 740. The largest absolute Gasteiger partial charge is 0.481 e. The molecule has 1 aromatic carbocycles. The standard InChI is InChI=1S/C15H17N3O5/c16-10(14(21)23-15(22)11(17)6-13(19)20)5-8-7-18-12-4-2-1-3-9(8)12/h1-4,7,10-11,18H,5-6,16-17H2,(H,19,20)/t10-,11+/m1/s1. The van der Waals surface area contributed by atoms with E-state index in [1.54, 1.807) is 6.20 Å². The SMILES string of the molecule is N[C@H](Cc1c[nH]c2ccccc12)C(=O)OC(=O)[C@@H](N)CC(=O)O. The van der Waals surface area contributed by atoms with E-state index >= 15 is 0 Å². The number of carbonyl (C=O) groups is 3. The number of aromatic nitrogens is 1. The molecule has 0 aliphatic rings. The number of aromatic amines is 1. The van der Waals surface area contributed by atoms with Gasteiger partial charge in [-0.1, -0.05) is 18.2 Å². The maximum atomic E-state index is 11.8. The summed E-state index contributed by atoms with van der Waals surface area (Å²) in [5.41, 5.74) is 12.8. The summed E-state index contributed by atoms with van der Waals surface area (Å²) in [5, 5.41) is 9.47. The first-order chi connectivity index (χ1) is 10.9. The van der Waals surface area contributed by atoms with Crippen LogP contribution in [-0.2, 0) is 25.5 Å². The van der Waals surface area contributed by atoms with Crippen molar-refractivity contribution < 1.29 is 24.2 Å². The van der Waals surface area contributed by atoms with E-state index in [-0.39, 0.29) is 6.42 Å². The second-order valence-electron chi connectivity index (χ2n) is 5.11. The molecule has 6 N–H and O–H groups in total. The molecule has 0 amide bonds. The molecular formula is C15H17N3O5. The number of fused-ring (bicyclic) bond motifs is 1. The van der Waals surface area contributed by atoms with Gasteiger partial charge in [-0.05, 0) is 11.6 Å². The molecule has 0 radical (unpaired) electrons. The molecule has 0 saturated heterocycles. The molecule has 8 heteroatoms. The maximum absolute atomic E-state index is 11.8. The number of carboxylic acid groups (broad SMARTS) is 1. The molecule has 0 fully saturated rings. The normalized spacial score (nSPS) is 13.5. The fraction of sp³-hybridized carbons (Fsp3) is 0.267. The van der Waals surface area contributed by atoms with Crippen LogP contribution in [0.4, 0.5) is 0 Å². The third kappa shape index (κ3) is 4.15. The van der Waals surface area contributed by atoms with Crippen LogP contribution in [0.25, 0.3) is 10.9 Å². The fourth-order valence-corrected chi connectivity index (χ4v) is 2.14. The van der Waals surface area contributed by atoms with Crippen LogP contribution in [-0.4, -0.2) is 40.1 Å². The number of benzene rings is 1. The zero-order valence-corrected chi connectivity index (χ0v) is 12.2. The van der Waals surface area contributed by atoms with Crippen molar-refractivity contribution >= 4 is 28.8 Å². The lowest BCUT2D eigenvalue weighted by Gasteiger charge is -2.12. The number of rotatable bonds is 6. The van der Waals surface area contributed by atoms with Crippen LogP contribution >= 0.6 is 0 Å². The number of H-pyrrole nitrogens is 1. The first-order valence-corrected chi connectivity index (χ1v) is 6.92. The topological polar surface area (TPSA) is 148 Å². The number of hydrogen-bond acceptors (Lipinski definition) is 6. The average Bonchev–Trinajstić information content (AvgIpc) is 2.89. The Morgan fingerprint density at radius 1 is 1.13 bits per heavy atom. The number of aliphatic carboxylic acids is 1. The van der Waals surface area contributed by atoms with Gasteiger partial charge >= 0.3 is 17.9 Å². The molecule has 23 heavy (non-hydrogen) atoms. The van der Waals surface area contributed by atoms with E-state index in [0.717, 1.165) is 16.5 Å². The van der Waals surface area contributed by atoms with Gasteiger partial charge in [-0.3, -0.25) is 4.79 Å². The summed E-state index contributed by atoms with van der Waals surface area (Å²) in [7, 11) is 0. The smallest absolute Gasteiger partial charge is 0.331 e. The molecule has 0 aliphatic carbocycles. The number of carbonyl (C=O) groups excluding carboxylic acids is 2. The fourth-order valence-electron chi connectivity index (χ4n) is 2.14. The lowest BCUT2D eigenvalue weighted by molar-refractivity contribution is -0.163. The molecule has 0 aliphatic heterocycles. The van der Waals surface area contributed by atoms with E-state index in [9.17, 15) is 14.4 Å². The van der Waals surface area contributed by atoms with Gasteiger partial charge in [-0.2, -0.15) is 0 Å². The van der Waals surface area contributed by atoms with Crippen molar-refractivity contribution in [3.05, 3.63) is 36.0 Å². The minimum atomic E-state index is -1.41. The molecule has 122 valence electrons. The van der Waals surface area contributed by atoms with Gasteiger partial charge in [0.25, 0.3) is 0 Å². The van der Waals surface area contributed by atoms with Crippen LogP contribution in [0.1, 0.15) is 12.0 Å². The van der Waals surface area contributed by atoms with Crippen molar-refractivity contribution in [1.29, 1.82) is 0 Å².